The minimum absolute atomic E-state index is 0.440. The first-order valence-corrected chi connectivity index (χ1v) is 6.77. The van der Waals surface area contributed by atoms with Gasteiger partial charge in [-0.25, -0.2) is 0 Å². The van der Waals surface area contributed by atoms with Gasteiger partial charge in [0.05, 0.1) is 5.60 Å². The average molecular weight is 248 g/mol. The van der Waals surface area contributed by atoms with E-state index in [1.54, 1.807) is 0 Å². The van der Waals surface area contributed by atoms with E-state index < -0.39 is 5.60 Å². The molecule has 2 N–H and O–H groups in total. The molecule has 1 saturated heterocycles. The van der Waals surface area contributed by atoms with Crippen molar-refractivity contribution in [1.82, 2.24) is 10.2 Å². The number of nitrogens with one attached hydrogen (secondary N) is 1. The van der Waals surface area contributed by atoms with Crippen LogP contribution in [0.15, 0.2) is 30.3 Å². The van der Waals surface area contributed by atoms with Crippen molar-refractivity contribution < 1.29 is 5.11 Å². The second kappa shape index (κ2) is 5.83. The van der Waals surface area contributed by atoms with Gasteiger partial charge in [-0.2, -0.15) is 0 Å². The molecule has 0 saturated carbocycles. The molecule has 0 radical (unpaired) electrons. The van der Waals surface area contributed by atoms with Gasteiger partial charge in [0, 0.05) is 32.2 Å². The highest BCUT2D eigenvalue weighted by Gasteiger charge is 2.28. The van der Waals surface area contributed by atoms with Crippen LogP contribution in [0.5, 0.6) is 0 Å². The van der Waals surface area contributed by atoms with Crippen molar-refractivity contribution in [3.8, 4) is 0 Å². The van der Waals surface area contributed by atoms with E-state index in [2.05, 4.69) is 41.4 Å². The SMILES string of the molecule is CC1CN(CCc2ccccc2)CC(C)(O)CN1. The van der Waals surface area contributed by atoms with E-state index >= 15 is 0 Å². The summed E-state index contributed by atoms with van der Waals surface area (Å²) in [7, 11) is 0. The standard InChI is InChI=1S/C15H24N2O/c1-13-10-17(12-15(2,18)11-16-13)9-8-14-6-4-3-5-7-14/h3-7,13,16,18H,8-12H2,1-2H3. The highest BCUT2D eigenvalue weighted by molar-refractivity contribution is 5.14. The van der Waals surface area contributed by atoms with Gasteiger partial charge in [0.15, 0.2) is 0 Å². The summed E-state index contributed by atoms with van der Waals surface area (Å²) in [6.07, 6.45) is 1.05. The molecular weight excluding hydrogens is 224 g/mol. The molecule has 0 amide bonds. The van der Waals surface area contributed by atoms with Crippen molar-refractivity contribution in [2.75, 3.05) is 26.2 Å². The first-order valence-electron chi connectivity index (χ1n) is 6.77. The number of nitrogens with zero attached hydrogens (tertiary/aromatic N) is 1. The predicted molar refractivity (Wildman–Crippen MR) is 74.7 cm³/mol. The zero-order chi connectivity index (χ0) is 13.0. The topological polar surface area (TPSA) is 35.5 Å². The molecule has 0 bridgehead atoms. The fourth-order valence-electron chi connectivity index (χ4n) is 2.55. The zero-order valence-corrected chi connectivity index (χ0v) is 11.4. The Morgan fingerprint density at radius 2 is 2.11 bits per heavy atom. The van der Waals surface area contributed by atoms with Crippen molar-refractivity contribution in [2.24, 2.45) is 0 Å². The maximum absolute atomic E-state index is 10.2. The van der Waals surface area contributed by atoms with E-state index in [0.717, 1.165) is 26.1 Å². The third-order valence-electron chi connectivity index (χ3n) is 3.49. The molecule has 2 atom stereocenters. The fourth-order valence-corrected chi connectivity index (χ4v) is 2.55. The van der Waals surface area contributed by atoms with Crippen molar-refractivity contribution in [2.45, 2.75) is 31.9 Å². The summed E-state index contributed by atoms with van der Waals surface area (Å²) < 4.78 is 0. The van der Waals surface area contributed by atoms with Gasteiger partial charge in [-0.3, -0.25) is 4.90 Å². The molecule has 100 valence electrons. The molecular formula is C15H24N2O. The van der Waals surface area contributed by atoms with Crippen LogP contribution in [0.1, 0.15) is 19.4 Å². The predicted octanol–water partition coefficient (Wildman–Crippen LogP) is 1.27. The van der Waals surface area contributed by atoms with E-state index in [4.69, 9.17) is 0 Å². The fraction of sp³-hybridized carbons (Fsp3) is 0.600. The molecule has 1 heterocycles. The normalized spacial score (nSPS) is 30.1. The second-order valence-corrected chi connectivity index (χ2v) is 5.75. The van der Waals surface area contributed by atoms with Gasteiger partial charge in [-0.1, -0.05) is 30.3 Å². The van der Waals surface area contributed by atoms with Crippen LogP contribution in [0.4, 0.5) is 0 Å². The minimum atomic E-state index is -0.624. The van der Waals surface area contributed by atoms with Crippen LogP contribution in [-0.4, -0.2) is 47.8 Å². The summed E-state index contributed by atoms with van der Waals surface area (Å²) in [5.74, 6) is 0. The van der Waals surface area contributed by atoms with Crippen molar-refractivity contribution >= 4 is 0 Å². The van der Waals surface area contributed by atoms with Crippen LogP contribution in [0.2, 0.25) is 0 Å². The van der Waals surface area contributed by atoms with E-state index in [1.807, 2.05) is 13.0 Å². The van der Waals surface area contributed by atoms with E-state index in [9.17, 15) is 5.11 Å². The van der Waals surface area contributed by atoms with Crippen LogP contribution in [0, 0.1) is 0 Å². The molecule has 3 heteroatoms. The van der Waals surface area contributed by atoms with Crippen LogP contribution in [0.3, 0.4) is 0 Å². The third-order valence-corrected chi connectivity index (χ3v) is 3.49. The molecule has 1 aromatic rings. The molecule has 2 rings (SSSR count). The average Bonchev–Trinajstić information content (AvgIpc) is 2.47. The van der Waals surface area contributed by atoms with Gasteiger partial charge >= 0.3 is 0 Å². The molecule has 0 aromatic heterocycles. The lowest BCUT2D eigenvalue weighted by atomic mass is 10.1. The van der Waals surface area contributed by atoms with Crippen LogP contribution < -0.4 is 5.32 Å². The summed E-state index contributed by atoms with van der Waals surface area (Å²) in [5, 5.41) is 13.6. The van der Waals surface area contributed by atoms with Gasteiger partial charge in [-0.15, -0.1) is 0 Å². The number of rotatable bonds is 3. The highest BCUT2D eigenvalue weighted by atomic mass is 16.3. The molecule has 1 aliphatic heterocycles. The van der Waals surface area contributed by atoms with Crippen molar-refractivity contribution in [3.63, 3.8) is 0 Å². The Hall–Kier alpha value is -0.900. The van der Waals surface area contributed by atoms with Gasteiger partial charge in [0.25, 0.3) is 0 Å². The third kappa shape index (κ3) is 4.09. The summed E-state index contributed by atoms with van der Waals surface area (Å²) >= 11 is 0. The Morgan fingerprint density at radius 3 is 2.83 bits per heavy atom. The van der Waals surface area contributed by atoms with E-state index in [1.165, 1.54) is 5.56 Å². The Bertz CT molecular complexity index is 364. The Labute approximate surface area is 110 Å². The Balaban J connectivity index is 1.91. The van der Waals surface area contributed by atoms with Gasteiger partial charge in [-0.05, 0) is 25.8 Å². The zero-order valence-electron chi connectivity index (χ0n) is 11.4. The maximum atomic E-state index is 10.2. The van der Waals surface area contributed by atoms with Gasteiger partial charge in [0.1, 0.15) is 0 Å². The lowest BCUT2D eigenvalue weighted by Gasteiger charge is -2.28. The molecule has 18 heavy (non-hydrogen) atoms. The molecule has 1 aromatic carbocycles. The molecule has 2 unspecified atom stereocenters. The Morgan fingerprint density at radius 1 is 1.39 bits per heavy atom. The quantitative estimate of drug-likeness (QED) is 0.846. The summed E-state index contributed by atoms with van der Waals surface area (Å²) in [5.41, 5.74) is 0.739. The largest absolute Gasteiger partial charge is 0.388 e. The van der Waals surface area contributed by atoms with E-state index in [0.29, 0.717) is 12.6 Å². The Kier molecular flexibility index (Phi) is 4.38. The first kappa shape index (κ1) is 13.5. The number of aliphatic hydroxyl groups is 1. The van der Waals surface area contributed by atoms with E-state index in [-0.39, 0.29) is 0 Å². The van der Waals surface area contributed by atoms with Crippen LogP contribution >= 0.6 is 0 Å². The second-order valence-electron chi connectivity index (χ2n) is 5.75. The first-order chi connectivity index (χ1) is 8.55. The molecule has 1 aliphatic rings. The lowest BCUT2D eigenvalue weighted by Crippen LogP contribution is -2.43. The maximum Gasteiger partial charge on any atom is 0.0869 e. The van der Waals surface area contributed by atoms with Gasteiger partial charge < -0.3 is 10.4 Å². The number of hydrogen-bond donors (Lipinski definition) is 2. The van der Waals surface area contributed by atoms with Crippen LogP contribution in [-0.2, 0) is 6.42 Å². The number of benzene rings is 1. The molecule has 0 spiro atoms. The molecule has 1 fully saturated rings. The van der Waals surface area contributed by atoms with Crippen LogP contribution in [0.25, 0.3) is 0 Å². The van der Waals surface area contributed by atoms with Gasteiger partial charge in [0.2, 0.25) is 0 Å². The van der Waals surface area contributed by atoms with Crippen molar-refractivity contribution in [1.29, 1.82) is 0 Å². The summed E-state index contributed by atoms with van der Waals surface area (Å²) in [4.78, 5) is 2.36. The highest BCUT2D eigenvalue weighted by Crippen LogP contribution is 2.11. The number of β-amino-alcohol motifs (C(OH)–C–C–N with tert-alkyl or cyclic N) is 1. The number of hydrogen-bond acceptors (Lipinski definition) is 3. The summed E-state index contributed by atoms with van der Waals surface area (Å²) in [6.45, 7) is 7.52. The minimum Gasteiger partial charge on any atom is -0.388 e. The lowest BCUT2D eigenvalue weighted by molar-refractivity contribution is 0.0345. The summed E-state index contributed by atoms with van der Waals surface area (Å²) in [6, 6.07) is 11.0. The molecule has 3 nitrogen and oxygen atoms in total. The molecule has 0 aliphatic carbocycles. The monoisotopic (exact) mass is 248 g/mol. The van der Waals surface area contributed by atoms with Crippen molar-refractivity contribution in [3.05, 3.63) is 35.9 Å². The smallest absolute Gasteiger partial charge is 0.0869 e.